The summed E-state index contributed by atoms with van der Waals surface area (Å²) < 4.78 is 4.52. The highest BCUT2D eigenvalue weighted by Crippen LogP contribution is 2.07. The summed E-state index contributed by atoms with van der Waals surface area (Å²) in [6.45, 7) is 3.07. The van der Waals surface area contributed by atoms with Crippen LogP contribution in [0.1, 0.15) is 32.1 Å². The number of ether oxygens (including phenoxy) is 1. The van der Waals surface area contributed by atoms with Crippen molar-refractivity contribution in [2.45, 2.75) is 32.1 Å². The maximum Gasteiger partial charge on any atom is 0.305 e. The highest BCUT2D eigenvalue weighted by atomic mass is 16.5. The van der Waals surface area contributed by atoms with E-state index in [1.165, 1.54) is 26.4 Å². The number of hydrogen-bond acceptors (Lipinski definition) is 4. The van der Waals surface area contributed by atoms with Gasteiger partial charge in [-0.1, -0.05) is 6.42 Å². The number of carbonyl (C=O) groups excluding carboxylic acids is 2. The van der Waals surface area contributed by atoms with Crippen LogP contribution in [0.2, 0.25) is 0 Å². The summed E-state index contributed by atoms with van der Waals surface area (Å²) >= 11 is 0. The van der Waals surface area contributed by atoms with Crippen LogP contribution in [0, 0.1) is 0 Å². The van der Waals surface area contributed by atoms with Crippen molar-refractivity contribution in [1.82, 2.24) is 10.2 Å². The molecule has 0 aromatic rings. The molecule has 98 valence electrons. The van der Waals surface area contributed by atoms with Gasteiger partial charge in [0.25, 0.3) is 0 Å². The predicted octanol–water partition coefficient (Wildman–Crippen LogP) is 0.542. The molecule has 0 spiro atoms. The van der Waals surface area contributed by atoms with Crippen molar-refractivity contribution >= 4 is 11.9 Å². The molecule has 17 heavy (non-hydrogen) atoms. The van der Waals surface area contributed by atoms with Gasteiger partial charge in [0, 0.05) is 13.0 Å². The van der Waals surface area contributed by atoms with Gasteiger partial charge in [0.05, 0.1) is 13.7 Å². The molecule has 1 heterocycles. The second-order valence-corrected chi connectivity index (χ2v) is 4.37. The maximum atomic E-state index is 11.6. The minimum atomic E-state index is -0.227. The molecule has 0 aromatic carbocycles. The summed E-state index contributed by atoms with van der Waals surface area (Å²) in [7, 11) is 1.37. The molecule has 5 heteroatoms. The minimum Gasteiger partial charge on any atom is -0.469 e. The van der Waals surface area contributed by atoms with Crippen molar-refractivity contribution in [3.8, 4) is 0 Å². The largest absolute Gasteiger partial charge is 0.469 e. The predicted molar refractivity (Wildman–Crippen MR) is 64.6 cm³/mol. The van der Waals surface area contributed by atoms with Crippen LogP contribution in [0.25, 0.3) is 0 Å². The van der Waals surface area contributed by atoms with E-state index in [1.54, 1.807) is 0 Å². The van der Waals surface area contributed by atoms with Gasteiger partial charge in [0.1, 0.15) is 0 Å². The lowest BCUT2D eigenvalue weighted by atomic mass is 10.1. The van der Waals surface area contributed by atoms with Crippen molar-refractivity contribution in [1.29, 1.82) is 0 Å². The second-order valence-electron chi connectivity index (χ2n) is 4.37. The zero-order valence-electron chi connectivity index (χ0n) is 10.5. The second kappa shape index (κ2) is 8.06. The first-order chi connectivity index (χ1) is 8.22. The normalized spacial score (nSPS) is 16.5. The molecule has 1 saturated heterocycles. The van der Waals surface area contributed by atoms with E-state index in [9.17, 15) is 9.59 Å². The third-order valence-electron chi connectivity index (χ3n) is 2.92. The third-order valence-corrected chi connectivity index (χ3v) is 2.92. The molecule has 0 aliphatic carbocycles. The molecule has 1 N–H and O–H groups in total. The van der Waals surface area contributed by atoms with E-state index in [2.05, 4.69) is 15.0 Å². The van der Waals surface area contributed by atoms with Gasteiger partial charge in [-0.25, -0.2) is 0 Å². The molecule has 0 saturated carbocycles. The highest BCUT2D eigenvalue weighted by molar-refractivity contribution is 5.78. The van der Waals surface area contributed by atoms with Crippen molar-refractivity contribution in [2.24, 2.45) is 0 Å². The van der Waals surface area contributed by atoms with Crippen LogP contribution in [0.15, 0.2) is 0 Å². The summed E-state index contributed by atoms with van der Waals surface area (Å²) in [5, 5.41) is 2.82. The van der Waals surface area contributed by atoms with Crippen molar-refractivity contribution in [3.05, 3.63) is 0 Å². The number of hydrogen-bond donors (Lipinski definition) is 1. The summed E-state index contributed by atoms with van der Waals surface area (Å²) in [6.07, 6.45) is 4.65. The molecule has 1 aliphatic rings. The summed E-state index contributed by atoms with van der Waals surface area (Å²) in [6, 6.07) is 0. The smallest absolute Gasteiger partial charge is 0.305 e. The Hall–Kier alpha value is -1.10. The Kier molecular flexibility index (Phi) is 6.62. The first-order valence-corrected chi connectivity index (χ1v) is 6.28. The van der Waals surface area contributed by atoms with Crippen LogP contribution >= 0.6 is 0 Å². The number of nitrogens with zero attached hydrogens (tertiary/aromatic N) is 1. The first kappa shape index (κ1) is 14.0. The fraction of sp³-hybridized carbons (Fsp3) is 0.833. The molecule has 1 rings (SSSR count). The Labute approximate surface area is 102 Å². The molecule has 0 radical (unpaired) electrons. The van der Waals surface area contributed by atoms with E-state index in [1.807, 2.05) is 0 Å². The van der Waals surface area contributed by atoms with Gasteiger partial charge < -0.3 is 10.1 Å². The van der Waals surface area contributed by atoms with E-state index >= 15 is 0 Å². The van der Waals surface area contributed by atoms with E-state index in [0.29, 0.717) is 25.9 Å². The van der Waals surface area contributed by atoms with Gasteiger partial charge in [-0.2, -0.15) is 0 Å². The first-order valence-electron chi connectivity index (χ1n) is 6.28. The van der Waals surface area contributed by atoms with E-state index in [4.69, 9.17) is 0 Å². The van der Waals surface area contributed by atoms with Crippen LogP contribution in [-0.2, 0) is 14.3 Å². The monoisotopic (exact) mass is 242 g/mol. The number of likely N-dealkylation sites (tertiary alicyclic amines) is 1. The van der Waals surface area contributed by atoms with Gasteiger partial charge >= 0.3 is 5.97 Å². The molecule has 1 fully saturated rings. The molecular formula is C12H22N2O3. The molecule has 1 amide bonds. The zero-order chi connectivity index (χ0) is 12.5. The Bertz CT molecular complexity index is 250. The number of esters is 1. The SMILES string of the molecule is COC(=O)CCCNC(=O)CN1CCCCC1. The molecule has 0 unspecified atom stereocenters. The van der Waals surface area contributed by atoms with Gasteiger partial charge in [-0.15, -0.1) is 0 Å². The fourth-order valence-electron chi connectivity index (χ4n) is 1.94. The maximum absolute atomic E-state index is 11.6. The molecule has 0 aromatic heterocycles. The Morgan fingerprint density at radius 1 is 1.24 bits per heavy atom. The molecular weight excluding hydrogens is 220 g/mol. The Morgan fingerprint density at radius 2 is 1.94 bits per heavy atom. The molecule has 5 nitrogen and oxygen atoms in total. The number of rotatable bonds is 6. The fourth-order valence-corrected chi connectivity index (χ4v) is 1.94. The average Bonchev–Trinajstić information content (AvgIpc) is 2.35. The molecule has 1 aliphatic heterocycles. The Balaban J connectivity index is 2.02. The van der Waals surface area contributed by atoms with Crippen LogP contribution in [-0.4, -0.2) is 50.1 Å². The van der Waals surface area contributed by atoms with Gasteiger partial charge in [0.15, 0.2) is 0 Å². The lowest BCUT2D eigenvalue weighted by Crippen LogP contribution is -2.40. The zero-order valence-corrected chi connectivity index (χ0v) is 10.5. The minimum absolute atomic E-state index is 0.0526. The van der Waals surface area contributed by atoms with Gasteiger partial charge in [0.2, 0.25) is 5.91 Å². The lowest BCUT2D eigenvalue weighted by Gasteiger charge is -2.25. The Morgan fingerprint density at radius 3 is 2.59 bits per heavy atom. The number of methoxy groups -OCH3 is 1. The van der Waals surface area contributed by atoms with E-state index in [-0.39, 0.29) is 11.9 Å². The van der Waals surface area contributed by atoms with Crippen molar-refractivity contribution < 1.29 is 14.3 Å². The van der Waals surface area contributed by atoms with Crippen LogP contribution < -0.4 is 5.32 Å². The van der Waals surface area contributed by atoms with Crippen molar-refractivity contribution in [3.63, 3.8) is 0 Å². The number of nitrogens with one attached hydrogen (secondary N) is 1. The standard InChI is InChI=1S/C12H22N2O3/c1-17-12(16)6-5-7-13-11(15)10-14-8-3-2-4-9-14/h2-10H2,1H3,(H,13,15). The molecule has 0 atom stereocenters. The summed E-state index contributed by atoms with van der Waals surface area (Å²) in [5.41, 5.74) is 0. The topological polar surface area (TPSA) is 58.6 Å². The van der Waals surface area contributed by atoms with E-state index < -0.39 is 0 Å². The highest BCUT2D eigenvalue weighted by Gasteiger charge is 2.13. The van der Waals surface area contributed by atoms with E-state index in [0.717, 1.165) is 13.1 Å². The number of amides is 1. The lowest BCUT2D eigenvalue weighted by molar-refractivity contribution is -0.140. The summed E-state index contributed by atoms with van der Waals surface area (Å²) in [4.78, 5) is 24.6. The van der Waals surface area contributed by atoms with Gasteiger partial charge in [-0.05, 0) is 32.4 Å². The third kappa shape index (κ3) is 6.26. The van der Waals surface area contributed by atoms with Crippen LogP contribution in [0.3, 0.4) is 0 Å². The van der Waals surface area contributed by atoms with Crippen LogP contribution in [0.4, 0.5) is 0 Å². The average molecular weight is 242 g/mol. The van der Waals surface area contributed by atoms with Gasteiger partial charge in [-0.3, -0.25) is 14.5 Å². The number of carbonyl (C=O) groups is 2. The quantitative estimate of drug-likeness (QED) is 0.545. The molecule has 0 bridgehead atoms. The van der Waals surface area contributed by atoms with Crippen molar-refractivity contribution in [2.75, 3.05) is 33.3 Å². The number of piperidine rings is 1. The summed E-state index contributed by atoms with van der Waals surface area (Å²) in [5.74, 6) is -0.174. The van der Waals surface area contributed by atoms with Crippen LogP contribution in [0.5, 0.6) is 0 Å².